The van der Waals surface area contributed by atoms with Gasteiger partial charge in [0.1, 0.15) is 11.5 Å². The lowest BCUT2D eigenvalue weighted by atomic mass is 10.1. The molecule has 2 rings (SSSR count). The monoisotopic (exact) mass is 279 g/mol. The SMILES string of the molecule is Cn1cc(SCc2ccc(CNC(C)(C)C)o2)cn1. The van der Waals surface area contributed by atoms with Crippen LogP contribution >= 0.6 is 11.8 Å². The second-order valence-electron chi connectivity index (χ2n) is 5.61. The van der Waals surface area contributed by atoms with Crippen molar-refractivity contribution in [1.82, 2.24) is 15.1 Å². The molecule has 2 aromatic rings. The van der Waals surface area contributed by atoms with E-state index >= 15 is 0 Å². The van der Waals surface area contributed by atoms with Crippen LogP contribution in [0.5, 0.6) is 0 Å². The van der Waals surface area contributed by atoms with Crippen molar-refractivity contribution in [3.63, 3.8) is 0 Å². The van der Waals surface area contributed by atoms with Gasteiger partial charge in [-0.15, -0.1) is 11.8 Å². The molecule has 0 unspecified atom stereocenters. The molecule has 0 spiro atoms. The summed E-state index contributed by atoms with van der Waals surface area (Å²) < 4.78 is 7.61. The van der Waals surface area contributed by atoms with Gasteiger partial charge in [0.15, 0.2) is 0 Å². The van der Waals surface area contributed by atoms with Crippen LogP contribution in [0.2, 0.25) is 0 Å². The molecule has 5 heteroatoms. The Bertz CT molecular complexity index is 525. The third kappa shape index (κ3) is 4.76. The van der Waals surface area contributed by atoms with E-state index in [1.165, 1.54) is 0 Å². The van der Waals surface area contributed by atoms with E-state index < -0.39 is 0 Å². The lowest BCUT2D eigenvalue weighted by molar-refractivity contribution is 0.382. The maximum atomic E-state index is 5.80. The average Bonchev–Trinajstić information content (AvgIpc) is 2.92. The number of furan rings is 1. The largest absolute Gasteiger partial charge is 0.464 e. The van der Waals surface area contributed by atoms with Crippen LogP contribution in [0.3, 0.4) is 0 Å². The van der Waals surface area contributed by atoms with E-state index in [-0.39, 0.29) is 5.54 Å². The third-order valence-electron chi connectivity index (χ3n) is 2.57. The Hall–Kier alpha value is -1.20. The highest BCUT2D eigenvalue weighted by Crippen LogP contribution is 2.23. The topological polar surface area (TPSA) is 43.0 Å². The lowest BCUT2D eigenvalue weighted by Gasteiger charge is -2.19. The van der Waals surface area contributed by atoms with E-state index in [0.717, 1.165) is 28.7 Å². The van der Waals surface area contributed by atoms with Gasteiger partial charge < -0.3 is 9.73 Å². The van der Waals surface area contributed by atoms with Crippen LogP contribution < -0.4 is 5.32 Å². The summed E-state index contributed by atoms with van der Waals surface area (Å²) >= 11 is 1.73. The predicted octanol–water partition coefficient (Wildman–Crippen LogP) is 3.19. The summed E-state index contributed by atoms with van der Waals surface area (Å²) in [5.41, 5.74) is 0.109. The molecule has 2 aromatic heterocycles. The third-order valence-corrected chi connectivity index (χ3v) is 3.55. The van der Waals surface area contributed by atoms with Crippen molar-refractivity contribution in [2.24, 2.45) is 7.05 Å². The maximum Gasteiger partial charge on any atom is 0.118 e. The van der Waals surface area contributed by atoms with Crippen LogP contribution in [0, 0.1) is 0 Å². The van der Waals surface area contributed by atoms with Crippen molar-refractivity contribution >= 4 is 11.8 Å². The first-order valence-electron chi connectivity index (χ1n) is 6.36. The molecule has 104 valence electrons. The van der Waals surface area contributed by atoms with Crippen molar-refractivity contribution < 1.29 is 4.42 Å². The molecule has 4 nitrogen and oxygen atoms in total. The predicted molar refractivity (Wildman–Crippen MR) is 78.1 cm³/mol. The second kappa shape index (κ2) is 5.84. The molecule has 19 heavy (non-hydrogen) atoms. The molecule has 0 amide bonds. The molecule has 0 radical (unpaired) electrons. The van der Waals surface area contributed by atoms with Crippen LogP contribution in [-0.4, -0.2) is 15.3 Å². The molecule has 0 aliphatic carbocycles. The van der Waals surface area contributed by atoms with Gasteiger partial charge in [-0.1, -0.05) is 0 Å². The van der Waals surface area contributed by atoms with Crippen molar-refractivity contribution in [1.29, 1.82) is 0 Å². The normalized spacial score (nSPS) is 12.0. The van der Waals surface area contributed by atoms with Crippen molar-refractivity contribution in [3.05, 3.63) is 36.0 Å². The number of rotatable bonds is 5. The Morgan fingerprint density at radius 2 is 2.05 bits per heavy atom. The fourth-order valence-corrected chi connectivity index (χ4v) is 2.39. The van der Waals surface area contributed by atoms with E-state index in [9.17, 15) is 0 Å². The molecular weight excluding hydrogens is 258 g/mol. The number of aromatic nitrogens is 2. The first-order chi connectivity index (χ1) is 8.92. The molecule has 1 N–H and O–H groups in total. The molecular formula is C14H21N3OS. The zero-order valence-corrected chi connectivity index (χ0v) is 12.8. The van der Waals surface area contributed by atoms with Gasteiger partial charge in [-0.3, -0.25) is 4.68 Å². The fraction of sp³-hybridized carbons (Fsp3) is 0.500. The Kier molecular flexibility index (Phi) is 4.37. The Balaban J connectivity index is 1.84. The van der Waals surface area contributed by atoms with Crippen molar-refractivity contribution in [2.75, 3.05) is 0 Å². The molecule has 0 saturated heterocycles. The molecule has 0 fully saturated rings. The van der Waals surface area contributed by atoms with Gasteiger partial charge in [0.25, 0.3) is 0 Å². The summed E-state index contributed by atoms with van der Waals surface area (Å²) in [4.78, 5) is 1.16. The van der Waals surface area contributed by atoms with Gasteiger partial charge in [-0.05, 0) is 32.9 Å². The van der Waals surface area contributed by atoms with E-state index in [0.29, 0.717) is 0 Å². The molecule has 0 aliphatic rings. The Labute approximate surface area is 118 Å². The van der Waals surface area contributed by atoms with E-state index in [4.69, 9.17) is 4.42 Å². The standard InChI is InChI=1S/C14H21N3OS/c1-14(2,3)15-7-11-5-6-12(18-11)10-19-13-8-16-17(4)9-13/h5-6,8-9,15H,7,10H2,1-4H3. The smallest absolute Gasteiger partial charge is 0.118 e. The average molecular weight is 279 g/mol. The number of nitrogens with zero attached hydrogens (tertiary/aromatic N) is 2. The Morgan fingerprint density at radius 3 is 2.68 bits per heavy atom. The Morgan fingerprint density at radius 1 is 1.32 bits per heavy atom. The van der Waals surface area contributed by atoms with Crippen LogP contribution in [0.4, 0.5) is 0 Å². The highest BCUT2D eigenvalue weighted by Gasteiger charge is 2.10. The minimum atomic E-state index is 0.109. The molecule has 0 atom stereocenters. The number of nitrogens with one attached hydrogen (secondary N) is 1. The van der Waals surface area contributed by atoms with Crippen LogP contribution in [0.1, 0.15) is 32.3 Å². The van der Waals surface area contributed by atoms with Gasteiger partial charge in [-0.2, -0.15) is 5.10 Å². The summed E-state index contributed by atoms with van der Waals surface area (Å²) in [6.07, 6.45) is 3.88. The zero-order valence-electron chi connectivity index (χ0n) is 11.9. The summed E-state index contributed by atoms with van der Waals surface area (Å²) in [5, 5.41) is 7.56. The summed E-state index contributed by atoms with van der Waals surface area (Å²) in [6.45, 7) is 7.21. The van der Waals surface area contributed by atoms with Crippen LogP contribution in [0.15, 0.2) is 33.8 Å². The molecule has 0 aromatic carbocycles. The van der Waals surface area contributed by atoms with Crippen LogP contribution in [0.25, 0.3) is 0 Å². The number of aryl methyl sites for hydroxylation is 1. The first-order valence-corrected chi connectivity index (χ1v) is 7.35. The van der Waals surface area contributed by atoms with Gasteiger partial charge in [0.05, 0.1) is 18.5 Å². The minimum absolute atomic E-state index is 0.109. The molecule has 0 bridgehead atoms. The minimum Gasteiger partial charge on any atom is -0.464 e. The van der Waals surface area contributed by atoms with Gasteiger partial charge in [0, 0.05) is 23.7 Å². The number of thioether (sulfide) groups is 1. The summed E-state index contributed by atoms with van der Waals surface area (Å²) in [5.74, 6) is 2.82. The van der Waals surface area contributed by atoms with Crippen molar-refractivity contribution in [2.45, 2.75) is 43.5 Å². The molecule has 0 saturated carbocycles. The highest BCUT2D eigenvalue weighted by molar-refractivity contribution is 7.98. The fourth-order valence-electron chi connectivity index (χ4n) is 1.57. The highest BCUT2D eigenvalue weighted by atomic mass is 32.2. The van der Waals surface area contributed by atoms with E-state index in [1.54, 1.807) is 11.8 Å². The number of hydrogen-bond donors (Lipinski definition) is 1. The quantitative estimate of drug-likeness (QED) is 0.854. The first kappa shape index (κ1) is 14.2. The van der Waals surface area contributed by atoms with Gasteiger partial charge >= 0.3 is 0 Å². The molecule has 0 aliphatic heterocycles. The van der Waals surface area contributed by atoms with E-state index in [1.807, 2.05) is 36.3 Å². The zero-order chi connectivity index (χ0) is 13.9. The summed E-state index contributed by atoms with van der Waals surface area (Å²) in [6, 6.07) is 4.08. The van der Waals surface area contributed by atoms with Gasteiger partial charge in [0.2, 0.25) is 0 Å². The maximum absolute atomic E-state index is 5.80. The molecule has 2 heterocycles. The lowest BCUT2D eigenvalue weighted by Crippen LogP contribution is -2.34. The second-order valence-corrected chi connectivity index (χ2v) is 6.66. The van der Waals surface area contributed by atoms with E-state index in [2.05, 4.69) is 31.2 Å². The summed E-state index contributed by atoms with van der Waals surface area (Å²) in [7, 11) is 1.92. The van der Waals surface area contributed by atoms with Crippen molar-refractivity contribution in [3.8, 4) is 0 Å². The van der Waals surface area contributed by atoms with Gasteiger partial charge in [-0.25, -0.2) is 0 Å². The number of hydrogen-bond acceptors (Lipinski definition) is 4. The van der Waals surface area contributed by atoms with Crippen LogP contribution in [-0.2, 0) is 19.3 Å².